The molecule has 0 spiro atoms. The molecule has 3 aromatic carbocycles. The molecule has 0 N–H and O–H groups in total. The molecule has 2 unspecified atom stereocenters. The molecule has 0 heterocycles. The van der Waals surface area contributed by atoms with Crippen molar-refractivity contribution in [3.05, 3.63) is 113 Å². The van der Waals surface area contributed by atoms with Gasteiger partial charge in [0.25, 0.3) is 0 Å². The lowest BCUT2D eigenvalue weighted by Crippen LogP contribution is -2.20. The first kappa shape index (κ1) is 17.5. The first-order chi connectivity index (χ1) is 13.2. The third-order valence-electron chi connectivity index (χ3n) is 5.55. The minimum atomic E-state index is 0.0735. The number of aryl methyl sites for hydroxylation is 1. The van der Waals surface area contributed by atoms with Crippen molar-refractivity contribution in [2.75, 3.05) is 0 Å². The molecule has 0 aromatic heterocycles. The van der Waals surface area contributed by atoms with Crippen LogP contribution in [0.4, 0.5) is 0 Å². The second-order valence-corrected chi connectivity index (χ2v) is 7.34. The molecule has 0 bridgehead atoms. The van der Waals surface area contributed by atoms with Gasteiger partial charge in [-0.25, -0.2) is 0 Å². The maximum Gasteiger partial charge on any atom is 0.152 e. The predicted octanol–water partition coefficient (Wildman–Crippen LogP) is 6.15. The van der Waals surface area contributed by atoms with Crippen LogP contribution in [0.25, 0.3) is 6.08 Å². The summed E-state index contributed by atoms with van der Waals surface area (Å²) in [6.07, 6.45) is 5.80. The van der Waals surface area contributed by atoms with Crippen LogP contribution < -0.4 is 0 Å². The lowest BCUT2D eigenvalue weighted by Gasteiger charge is -2.34. The lowest BCUT2D eigenvalue weighted by atomic mass is 9.69. The zero-order valence-electron chi connectivity index (χ0n) is 15.6. The standard InChI is InChI=1S/C26H24O/c1-19(27)11-12-20-13-15-23(16-14-20)26-24-10-6-5-9-22(24)17-18-25(26)21-7-3-2-4-8-21/h2-16,25-26H,17-18H2,1H3/b12-11+. The summed E-state index contributed by atoms with van der Waals surface area (Å²) >= 11 is 0. The molecule has 1 heteroatoms. The van der Waals surface area contributed by atoms with Crippen LogP contribution in [-0.4, -0.2) is 5.78 Å². The highest BCUT2D eigenvalue weighted by atomic mass is 16.1. The van der Waals surface area contributed by atoms with E-state index in [9.17, 15) is 4.79 Å². The van der Waals surface area contributed by atoms with Gasteiger partial charge in [0.2, 0.25) is 0 Å². The van der Waals surface area contributed by atoms with Crippen molar-refractivity contribution in [1.29, 1.82) is 0 Å². The van der Waals surface area contributed by atoms with Crippen molar-refractivity contribution >= 4 is 11.9 Å². The largest absolute Gasteiger partial charge is 0.295 e. The number of rotatable bonds is 4. The fraction of sp³-hybridized carbons (Fsp3) is 0.192. The third kappa shape index (κ3) is 3.78. The summed E-state index contributed by atoms with van der Waals surface area (Å²) in [5.41, 5.74) is 6.74. The van der Waals surface area contributed by atoms with Crippen molar-refractivity contribution in [1.82, 2.24) is 0 Å². The zero-order chi connectivity index (χ0) is 18.6. The van der Waals surface area contributed by atoms with Crippen LogP contribution in [0.15, 0.2) is 84.9 Å². The van der Waals surface area contributed by atoms with Gasteiger partial charge in [-0.05, 0) is 59.6 Å². The van der Waals surface area contributed by atoms with Crippen molar-refractivity contribution in [3.8, 4) is 0 Å². The number of ketones is 1. The van der Waals surface area contributed by atoms with E-state index in [2.05, 4.69) is 78.9 Å². The molecule has 134 valence electrons. The molecule has 0 saturated heterocycles. The SMILES string of the molecule is CC(=O)/C=C/c1ccc(C2c3ccccc3CCC2c2ccccc2)cc1. The molecule has 0 saturated carbocycles. The van der Waals surface area contributed by atoms with Crippen molar-refractivity contribution in [2.45, 2.75) is 31.6 Å². The first-order valence-corrected chi connectivity index (χ1v) is 9.64. The van der Waals surface area contributed by atoms with Crippen LogP contribution in [0, 0.1) is 0 Å². The van der Waals surface area contributed by atoms with E-state index in [-0.39, 0.29) is 5.78 Å². The fourth-order valence-electron chi connectivity index (χ4n) is 4.26. The maximum atomic E-state index is 11.2. The zero-order valence-corrected chi connectivity index (χ0v) is 15.6. The monoisotopic (exact) mass is 352 g/mol. The Balaban J connectivity index is 1.75. The van der Waals surface area contributed by atoms with Gasteiger partial charge in [0.05, 0.1) is 0 Å². The Morgan fingerprint density at radius 2 is 1.56 bits per heavy atom. The number of fused-ring (bicyclic) bond motifs is 1. The molecule has 0 amide bonds. The molecule has 1 aliphatic carbocycles. The summed E-state index contributed by atoms with van der Waals surface area (Å²) in [4.78, 5) is 11.2. The number of hydrogen-bond donors (Lipinski definition) is 0. The Kier molecular flexibility index (Phi) is 5.02. The summed E-state index contributed by atoms with van der Waals surface area (Å²) in [5, 5.41) is 0. The molecular weight excluding hydrogens is 328 g/mol. The van der Waals surface area contributed by atoms with E-state index < -0.39 is 0 Å². The van der Waals surface area contributed by atoms with Crippen LogP contribution in [-0.2, 0) is 11.2 Å². The number of carbonyl (C=O) groups excluding carboxylic acids is 1. The topological polar surface area (TPSA) is 17.1 Å². The highest BCUT2D eigenvalue weighted by Crippen LogP contribution is 2.46. The predicted molar refractivity (Wildman–Crippen MR) is 112 cm³/mol. The molecule has 0 aliphatic heterocycles. The van der Waals surface area contributed by atoms with E-state index >= 15 is 0 Å². The van der Waals surface area contributed by atoms with Crippen LogP contribution >= 0.6 is 0 Å². The lowest BCUT2D eigenvalue weighted by molar-refractivity contribution is -0.112. The van der Waals surface area contributed by atoms with E-state index in [1.165, 1.54) is 22.3 Å². The van der Waals surface area contributed by atoms with Gasteiger partial charge in [-0.2, -0.15) is 0 Å². The molecular formula is C26H24O. The highest BCUT2D eigenvalue weighted by molar-refractivity contribution is 5.91. The Morgan fingerprint density at radius 1 is 0.852 bits per heavy atom. The molecule has 4 rings (SSSR count). The first-order valence-electron chi connectivity index (χ1n) is 9.64. The maximum absolute atomic E-state index is 11.2. The van der Waals surface area contributed by atoms with Gasteiger partial charge in [0.15, 0.2) is 5.78 Å². The van der Waals surface area contributed by atoms with Gasteiger partial charge in [0, 0.05) is 5.92 Å². The summed E-state index contributed by atoms with van der Waals surface area (Å²) in [6, 6.07) is 28.4. The smallest absolute Gasteiger partial charge is 0.152 e. The fourth-order valence-corrected chi connectivity index (χ4v) is 4.26. The van der Waals surface area contributed by atoms with Gasteiger partial charge < -0.3 is 0 Å². The average Bonchev–Trinajstić information content (AvgIpc) is 2.72. The van der Waals surface area contributed by atoms with Crippen molar-refractivity contribution in [2.24, 2.45) is 0 Å². The summed E-state index contributed by atoms with van der Waals surface area (Å²) in [7, 11) is 0. The van der Waals surface area contributed by atoms with Gasteiger partial charge >= 0.3 is 0 Å². The third-order valence-corrected chi connectivity index (χ3v) is 5.55. The Labute approximate surface area is 161 Å². The molecule has 1 aliphatic rings. The van der Waals surface area contributed by atoms with Crippen LogP contribution in [0.2, 0.25) is 0 Å². The summed E-state index contributed by atoms with van der Waals surface area (Å²) in [6.45, 7) is 1.58. The minimum Gasteiger partial charge on any atom is -0.295 e. The highest BCUT2D eigenvalue weighted by Gasteiger charge is 2.31. The second kappa shape index (κ2) is 7.75. The second-order valence-electron chi connectivity index (χ2n) is 7.34. The Bertz CT molecular complexity index is 951. The van der Waals surface area contributed by atoms with Crippen LogP contribution in [0.1, 0.15) is 53.0 Å². The normalized spacial score (nSPS) is 19.0. The van der Waals surface area contributed by atoms with Crippen LogP contribution in [0.3, 0.4) is 0 Å². The van der Waals surface area contributed by atoms with Gasteiger partial charge in [0.1, 0.15) is 0 Å². The Hall–Kier alpha value is -2.93. The molecule has 1 nitrogen and oxygen atoms in total. The van der Waals surface area contributed by atoms with Crippen molar-refractivity contribution in [3.63, 3.8) is 0 Å². The van der Waals surface area contributed by atoms with E-state index in [1.54, 1.807) is 13.0 Å². The molecule has 2 atom stereocenters. The van der Waals surface area contributed by atoms with E-state index in [4.69, 9.17) is 0 Å². The molecule has 3 aromatic rings. The van der Waals surface area contributed by atoms with E-state index in [1.807, 2.05) is 6.08 Å². The van der Waals surface area contributed by atoms with Gasteiger partial charge in [-0.3, -0.25) is 4.79 Å². The van der Waals surface area contributed by atoms with Crippen LogP contribution in [0.5, 0.6) is 0 Å². The van der Waals surface area contributed by atoms with E-state index in [0.717, 1.165) is 18.4 Å². The van der Waals surface area contributed by atoms with Gasteiger partial charge in [-0.1, -0.05) is 84.9 Å². The number of benzene rings is 3. The average molecular weight is 352 g/mol. The number of carbonyl (C=O) groups is 1. The molecule has 0 radical (unpaired) electrons. The minimum absolute atomic E-state index is 0.0735. The number of hydrogen-bond acceptors (Lipinski definition) is 1. The summed E-state index contributed by atoms with van der Waals surface area (Å²) < 4.78 is 0. The molecule has 0 fully saturated rings. The Morgan fingerprint density at radius 3 is 2.30 bits per heavy atom. The van der Waals surface area contributed by atoms with Gasteiger partial charge in [-0.15, -0.1) is 0 Å². The van der Waals surface area contributed by atoms with E-state index in [0.29, 0.717) is 11.8 Å². The quantitative estimate of drug-likeness (QED) is 0.515. The number of allylic oxidation sites excluding steroid dienone is 1. The van der Waals surface area contributed by atoms with Crippen molar-refractivity contribution < 1.29 is 4.79 Å². The summed E-state index contributed by atoms with van der Waals surface area (Å²) in [5.74, 6) is 0.923. The molecule has 27 heavy (non-hydrogen) atoms.